The highest BCUT2D eigenvalue weighted by atomic mass is 15.2. The molecule has 19 heavy (non-hydrogen) atoms. The third-order valence-corrected chi connectivity index (χ3v) is 4.44. The first-order valence-corrected chi connectivity index (χ1v) is 7.75. The maximum absolute atomic E-state index is 3.73. The Morgan fingerprint density at radius 1 is 1.21 bits per heavy atom. The van der Waals surface area contributed by atoms with Crippen LogP contribution >= 0.6 is 0 Å². The molecule has 1 aromatic rings. The van der Waals surface area contributed by atoms with E-state index in [9.17, 15) is 0 Å². The number of hydrogen-bond donors (Lipinski definition) is 1. The molecule has 0 fully saturated rings. The average Bonchev–Trinajstić information content (AvgIpc) is 2.61. The van der Waals surface area contributed by atoms with Gasteiger partial charge in [-0.3, -0.25) is 0 Å². The monoisotopic (exact) mass is 260 g/mol. The Hall–Kier alpha value is -1.02. The third-order valence-electron chi connectivity index (χ3n) is 4.44. The van der Waals surface area contributed by atoms with E-state index in [1.807, 2.05) is 0 Å². The van der Waals surface area contributed by atoms with Gasteiger partial charge < -0.3 is 10.2 Å². The van der Waals surface area contributed by atoms with Crippen molar-refractivity contribution in [3.05, 3.63) is 29.8 Å². The van der Waals surface area contributed by atoms with Gasteiger partial charge in [0.15, 0.2) is 0 Å². The highest BCUT2D eigenvalue weighted by molar-refractivity contribution is 5.55. The van der Waals surface area contributed by atoms with E-state index in [-0.39, 0.29) is 0 Å². The Kier molecular flexibility index (Phi) is 4.87. The molecular weight excluding hydrogens is 232 g/mol. The molecule has 1 aromatic carbocycles. The minimum atomic E-state index is 0.577. The first kappa shape index (κ1) is 14.4. The van der Waals surface area contributed by atoms with Crippen LogP contribution in [0.25, 0.3) is 0 Å². The Morgan fingerprint density at radius 2 is 1.89 bits per heavy atom. The molecule has 2 rings (SSSR count). The number of hydrogen-bond acceptors (Lipinski definition) is 2. The molecule has 0 amide bonds. The standard InChI is InChI=1S/C17H28N2/c1-5-15(6-2)19-12-16(13(3)4)18-11-14-9-7-8-10-17(14)19/h7-10,13,15-16,18H,5-6,11-12H2,1-4H3. The number of para-hydroxylation sites is 1. The molecule has 0 radical (unpaired) electrons. The van der Waals surface area contributed by atoms with Gasteiger partial charge in [0, 0.05) is 30.9 Å². The van der Waals surface area contributed by atoms with Crippen LogP contribution in [0.1, 0.15) is 46.1 Å². The number of anilines is 1. The summed E-state index contributed by atoms with van der Waals surface area (Å²) in [4.78, 5) is 2.64. The molecule has 0 aromatic heterocycles. The Balaban J connectivity index is 2.34. The van der Waals surface area contributed by atoms with E-state index >= 15 is 0 Å². The summed E-state index contributed by atoms with van der Waals surface area (Å²) in [5, 5.41) is 3.73. The zero-order valence-corrected chi connectivity index (χ0v) is 12.8. The van der Waals surface area contributed by atoms with Gasteiger partial charge >= 0.3 is 0 Å². The summed E-state index contributed by atoms with van der Waals surface area (Å²) in [6, 6.07) is 10.1. The molecule has 0 aliphatic carbocycles. The predicted octanol–water partition coefficient (Wildman–Crippen LogP) is 3.81. The molecule has 0 saturated heterocycles. The zero-order valence-electron chi connectivity index (χ0n) is 12.8. The molecule has 1 atom stereocenters. The maximum Gasteiger partial charge on any atom is 0.0414 e. The molecule has 0 bridgehead atoms. The molecule has 1 aliphatic rings. The SMILES string of the molecule is CCC(CC)N1CC(C(C)C)NCc2ccccc21. The number of nitrogens with one attached hydrogen (secondary N) is 1. The largest absolute Gasteiger partial charge is 0.367 e. The summed E-state index contributed by atoms with van der Waals surface area (Å²) in [6.07, 6.45) is 2.44. The second-order valence-electron chi connectivity index (χ2n) is 5.98. The van der Waals surface area contributed by atoms with E-state index in [0.29, 0.717) is 18.0 Å². The maximum atomic E-state index is 3.73. The highest BCUT2D eigenvalue weighted by Gasteiger charge is 2.26. The van der Waals surface area contributed by atoms with Crippen molar-refractivity contribution in [1.29, 1.82) is 0 Å². The predicted molar refractivity (Wildman–Crippen MR) is 83.6 cm³/mol. The Bertz CT molecular complexity index is 396. The molecular formula is C17H28N2. The van der Waals surface area contributed by atoms with Crippen molar-refractivity contribution in [1.82, 2.24) is 5.32 Å². The lowest BCUT2D eigenvalue weighted by molar-refractivity contribution is 0.389. The summed E-state index contributed by atoms with van der Waals surface area (Å²) < 4.78 is 0. The summed E-state index contributed by atoms with van der Waals surface area (Å²) in [5.41, 5.74) is 2.88. The van der Waals surface area contributed by atoms with Crippen molar-refractivity contribution < 1.29 is 0 Å². The van der Waals surface area contributed by atoms with Gasteiger partial charge in [-0.25, -0.2) is 0 Å². The van der Waals surface area contributed by atoms with Crippen LogP contribution in [-0.4, -0.2) is 18.6 Å². The fourth-order valence-electron chi connectivity index (χ4n) is 3.08. The summed E-state index contributed by atoms with van der Waals surface area (Å²) in [6.45, 7) is 11.4. The van der Waals surface area contributed by atoms with Crippen LogP contribution in [0.3, 0.4) is 0 Å². The Morgan fingerprint density at radius 3 is 2.53 bits per heavy atom. The second kappa shape index (κ2) is 6.42. The van der Waals surface area contributed by atoms with Crippen LogP contribution in [0.15, 0.2) is 24.3 Å². The topological polar surface area (TPSA) is 15.3 Å². The van der Waals surface area contributed by atoms with Crippen molar-refractivity contribution in [3.8, 4) is 0 Å². The minimum absolute atomic E-state index is 0.577. The molecule has 106 valence electrons. The lowest BCUT2D eigenvalue weighted by Crippen LogP contribution is -2.45. The van der Waals surface area contributed by atoms with E-state index in [2.05, 4.69) is 62.2 Å². The van der Waals surface area contributed by atoms with Crippen LogP contribution in [-0.2, 0) is 6.54 Å². The second-order valence-corrected chi connectivity index (χ2v) is 5.98. The average molecular weight is 260 g/mol. The smallest absolute Gasteiger partial charge is 0.0414 e. The summed E-state index contributed by atoms with van der Waals surface area (Å²) in [7, 11) is 0. The molecule has 1 N–H and O–H groups in total. The zero-order chi connectivity index (χ0) is 13.8. The number of fused-ring (bicyclic) bond motifs is 1. The summed E-state index contributed by atoms with van der Waals surface area (Å²) >= 11 is 0. The molecule has 2 nitrogen and oxygen atoms in total. The van der Waals surface area contributed by atoms with Crippen LogP contribution in [0.2, 0.25) is 0 Å². The van der Waals surface area contributed by atoms with Gasteiger partial charge in [0.25, 0.3) is 0 Å². The first-order chi connectivity index (χ1) is 9.17. The van der Waals surface area contributed by atoms with Gasteiger partial charge in [-0.05, 0) is 30.4 Å². The highest BCUT2D eigenvalue weighted by Crippen LogP contribution is 2.28. The number of rotatable bonds is 4. The molecule has 0 saturated carbocycles. The fraction of sp³-hybridized carbons (Fsp3) is 0.647. The van der Waals surface area contributed by atoms with Crippen molar-refractivity contribution in [2.45, 2.75) is 59.2 Å². The van der Waals surface area contributed by atoms with E-state index < -0.39 is 0 Å². The number of benzene rings is 1. The van der Waals surface area contributed by atoms with Gasteiger partial charge in [0.1, 0.15) is 0 Å². The van der Waals surface area contributed by atoms with E-state index in [1.165, 1.54) is 24.1 Å². The Labute approximate surface area is 118 Å². The van der Waals surface area contributed by atoms with Crippen molar-refractivity contribution >= 4 is 5.69 Å². The van der Waals surface area contributed by atoms with Crippen LogP contribution < -0.4 is 10.2 Å². The van der Waals surface area contributed by atoms with E-state index in [1.54, 1.807) is 0 Å². The van der Waals surface area contributed by atoms with E-state index in [0.717, 1.165) is 13.1 Å². The van der Waals surface area contributed by atoms with E-state index in [4.69, 9.17) is 0 Å². The van der Waals surface area contributed by atoms with Crippen LogP contribution in [0, 0.1) is 5.92 Å². The van der Waals surface area contributed by atoms with Crippen LogP contribution in [0.5, 0.6) is 0 Å². The third kappa shape index (κ3) is 3.11. The molecule has 2 heteroatoms. The molecule has 1 aliphatic heterocycles. The van der Waals surface area contributed by atoms with Crippen molar-refractivity contribution in [2.24, 2.45) is 5.92 Å². The minimum Gasteiger partial charge on any atom is -0.367 e. The van der Waals surface area contributed by atoms with Crippen molar-refractivity contribution in [3.63, 3.8) is 0 Å². The van der Waals surface area contributed by atoms with Gasteiger partial charge in [0.05, 0.1) is 0 Å². The lowest BCUT2D eigenvalue weighted by Gasteiger charge is -2.35. The van der Waals surface area contributed by atoms with Gasteiger partial charge in [-0.2, -0.15) is 0 Å². The first-order valence-electron chi connectivity index (χ1n) is 7.75. The van der Waals surface area contributed by atoms with Gasteiger partial charge in [0.2, 0.25) is 0 Å². The van der Waals surface area contributed by atoms with Crippen molar-refractivity contribution in [2.75, 3.05) is 11.4 Å². The fourth-order valence-corrected chi connectivity index (χ4v) is 3.08. The normalized spacial score (nSPS) is 19.7. The lowest BCUT2D eigenvalue weighted by atomic mass is 10.0. The quantitative estimate of drug-likeness (QED) is 0.885. The molecule has 1 unspecified atom stereocenters. The number of nitrogens with zero attached hydrogens (tertiary/aromatic N) is 1. The van der Waals surface area contributed by atoms with Gasteiger partial charge in [-0.1, -0.05) is 45.9 Å². The van der Waals surface area contributed by atoms with Gasteiger partial charge in [-0.15, -0.1) is 0 Å². The molecule has 1 heterocycles. The molecule has 0 spiro atoms. The van der Waals surface area contributed by atoms with Crippen LogP contribution in [0.4, 0.5) is 5.69 Å². The summed E-state index contributed by atoms with van der Waals surface area (Å²) in [5.74, 6) is 0.672.